The predicted molar refractivity (Wildman–Crippen MR) is 40.5 cm³/mol. The van der Waals surface area contributed by atoms with Crippen molar-refractivity contribution < 1.29 is 0 Å². The number of allylic oxidation sites excluding steroid dienone is 2. The van der Waals surface area contributed by atoms with E-state index in [-0.39, 0.29) is 6.15 Å². The Morgan fingerprint density at radius 2 is 2.22 bits per heavy atom. The van der Waals surface area contributed by atoms with Gasteiger partial charge in [0.25, 0.3) is 0 Å². The molecule has 0 saturated heterocycles. The molecule has 0 unspecified atom stereocenters. The van der Waals surface area contributed by atoms with Gasteiger partial charge in [0.1, 0.15) is 0 Å². The van der Waals surface area contributed by atoms with Crippen molar-refractivity contribution in [3.05, 3.63) is 24.4 Å². The summed E-state index contributed by atoms with van der Waals surface area (Å²) in [7, 11) is 0. The third-order valence-electron chi connectivity index (χ3n) is 1.29. The molecule has 3 N–H and O–H groups in total. The predicted octanol–water partition coefficient (Wildman–Crippen LogP) is 1.55. The average molecular weight is 126 g/mol. The van der Waals surface area contributed by atoms with Crippen LogP contribution < -0.4 is 6.15 Å². The summed E-state index contributed by atoms with van der Waals surface area (Å²) in [6.45, 7) is 4.34. The van der Waals surface area contributed by atoms with E-state index in [2.05, 4.69) is 36.3 Å². The molecule has 0 aromatic carbocycles. The maximum atomic E-state index is 2.25. The maximum Gasteiger partial charge on any atom is 0.0356 e. The molecule has 0 bridgehead atoms. The van der Waals surface area contributed by atoms with Crippen LogP contribution in [0.3, 0.4) is 0 Å². The third kappa shape index (κ3) is 2.33. The van der Waals surface area contributed by atoms with E-state index in [0.717, 1.165) is 13.1 Å². The van der Waals surface area contributed by atoms with Gasteiger partial charge in [0.05, 0.1) is 0 Å². The Hall–Kier alpha value is -0.760. The highest BCUT2D eigenvalue weighted by molar-refractivity contribution is 5.08. The summed E-state index contributed by atoms with van der Waals surface area (Å²) in [6, 6.07) is 0. The van der Waals surface area contributed by atoms with Gasteiger partial charge < -0.3 is 11.1 Å². The molecule has 0 aromatic heterocycles. The van der Waals surface area contributed by atoms with Gasteiger partial charge in [-0.05, 0) is 19.2 Å². The lowest BCUT2D eigenvalue weighted by Crippen LogP contribution is -2.17. The Bertz CT molecular complexity index is 116. The lowest BCUT2D eigenvalue weighted by atomic mass is 10.3. The minimum Gasteiger partial charge on any atom is -0.374 e. The molecule has 2 nitrogen and oxygen atoms in total. The SMILES string of the molecule is CCN1C=CC=CC1.N. The minimum absolute atomic E-state index is 0. The second-order valence-corrected chi connectivity index (χ2v) is 1.86. The largest absolute Gasteiger partial charge is 0.374 e. The Morgan fingerprint density at radius 1 is 1.44 bits per heavy atom. The zero-order chi connectivity index (χ0) is 5.82. The second kappa shape index (κ2) is 4.15. The van der Waals surface area contributed by atoms with Crippen molar-refractivity contribution >= 4 is 0 Å². The van der Waals surface area contributed by atoms with E-state index >= 15 is 0 Å². The van der Waals surface area contributed by atoms with Crippen LogP contribution in [0.5, 0.6) is 0 Å². The van der Waals surface area contributed by atoms with Gasteiger partial charge in [-0.25, -0.2) is 0 Å². The van der Waals surface area contributed by atoms with Crippen molar-refractivity contribution in [3.8, 4) is 0 Å². The summed E-state index contributed by atoms with van der Waals surface area (Å²) >= 11 is 0. The first-order chi connectivity index (χ1) is 3.93. The average Bonchev–Trinajstić information content (AvgIpc) is 1.90. The van der Waals surface area contributed by atoms with Gasteiger partial charge in [-0.3, -0.25) is 0 Å². The first-order valence-corrected chi connectivity index (χ1v) is 3.01. The normalized spacial score (nSPS) is 15.4. The van der Waals surface area contributed by atoms with Crippen molar-refractivity contribution in [1.82, 2.24) is 11.1 Å². The number of likely N-dealkylation sites (N-methyl/N-ethyl adjacent to an activating group) is 1. The summed E-state index contributed by atoms with van der Waals surface area (Å²) in [6.07, 6.45) is 8.41. The van der Waals surface area contributed by atoms with Crippen LogP contribution in [0.1, 0.15) is 6.92 Å². The van der Waals surface area contributed by atoms with E-state index < -0.39 is 0 Å². The van der Waals surface area contributed by atoms with Crippen molar-refractivity contribution in [2.45, 2.75) is 6.92 Å². The van der Waals surface area contributed by atoms with Crippen LogP contribution >= 0.6 is 0 Å². The molecular weight excluding hydrogens is 112 g/mol. The van der Waals surface area contributed by atoms with Gasteiger partial charge >= 0.3 is 0 Å². The highest BCUT2D eigenvalue weighted by atomic mass is 15.1. The zero-order valence-corrected chi connectivity index (χ0v) is 5.88. The molecule has 0 saturated carbocycles. The molecule has 1 aliphatic heterocycles. The van der Waals surface area contributed by atoms with Crippen LogP contribution in [0, 0.1) is 0 Å². The van der Waals surface area contributed by atoms with Crippen LogP contribution in [0.15, 0.2) is 24.4 Å². The van der Waals surface area contributed by atoms with E-state index in [9.17, 15) is 0 Å². The fraction of sp³-hybridized carbons (Fsp3) is 0.429. The third-order valence-corrected chi connectivity index (χ3v) is 1.29. The van der Waals surface area contributed by atoms with Gasteiger partial charge in [-0.1, -0.05) is 12.2 Å². The number of nitrogens with zero attached hydrogens (tertiary/aromatic N) is 1. The summed E-state index contributed by atoms with van der Waals surface area (Å²) in [5.74, 6) is 0. The lowest BCUT2D eigenvalue weighted by Gasteiger charge is -2.16. The van der Waals surface area contributed by atoms with Crippen molar-refractivity contribution in [1.29, 1.82) is 0 Å². The van der Waals surface area contributed by atoms with Gasteiger partial charge in [-0.2, -0.15) is 0 Å². The van der Waals surface area contributed by atoms with E-state index in [1.54, 1.807) is 0 Å². The van der Waals surface area contributed by atoms with E-state index in [0.29, 0.717) is 0 Å². The fourth-order valence-corrected chi connectivity index (χ4v) is 0.742. The number of hydrogen-bond donors (Lipinski definition) is 1. The molecule has 1 aliphatic rings. The van der Waals surface area contributed by atoms with Crippen molar-refractivity contribution in [3.63, 3.8) is 0 Å². The minimum atomic E-state index is 0. The van der Waals surface area contributed by atoms with Crippen LogP contribution in [0.25, 0.3) is 0 Å². The van der Waals surface area contributed by atoms with Crippen LogP contribution in [-0.2, 0) is 0 Å². The smallest absolute Gasteiger partial charge is 0.0356 e. The summed E-state index contributed by atoms with van der Waals surface area (Å²) < 4.78 is 0. The Labute approximate surface area is 56.4 Å². The molecule has 1 rings (SSSR count). The molecule has 0 aromatic rings. The highest BCUT2D eigenvalue weighted by Gasteiger charge is 1.91. The summed E-state index contributed by atoms with van der Waals surface area (Å²) in [5.41, 5.74) is 0. The Kier molecular flexibility index (Phi) is 3.80. The quantitative estimate of drug-likeness (QED) is 0.579. The molecular formula is C7H14N2. The summed E-state index contributed by atoms with van der Waals surface area (Å²) in [4.78, 5) is 2.25. The van der Waals surface area contributed by atoms with E-state index in [4.69, 9.17) is 0 Å². The first-order valence-electron chi connectivity index (χ1n) is 3.01. The standard InChI is InChI=1S/C7H11N.H3N/c1-2-8-6-4-3-5-7-8;/h3-6H,2,7H2,1H3;1H3. The van der Waals surface area contributed by atoms with Gasteiger partial charge in [0.15, 0.2) is 0 Å². The molecule has 0 amide bonds. The number of hydrogen-bond acceptors (Lipinski definition) is 2. The van der Waals surface area contributed by atoms with Crippen molar-refractivity contribution in [2.24, 2.45) is 0 Å². The first kappa shape index (κ1) is 8.24. The van der Waals surface area contributed by atoms with Gasteiger partial charge in [-0.15, -0.1) is 0 Å². The second-order valence-electron chi connectivity index (χ2n) is 1.86. The lowest BCUT2D eigenvalue weighted by molar-refractivity contribution is 0.436. The van der Waals surface area contributed by atoms with Crippen molar-refractivity contribution in [2.75, 3.05) is 13.1 Å². The monoisotopic (exact) mass is 126 g/mol. The molecule has 0 atom stereocenters. The molecule has 0 fully saturated rings. The molecule has 0 radical (unpaired) electrons. The van der Waals surface area contributed by atoms with Gasteiger partial charge in [0.2, 0.25) is 0 Å². The van der Waals surface area contributed by atoms with Crippen LogP contribution in [0.4, 0.5) is 0 Å². The highest BCUT2D eigenvalue weighted by Crippen LogP contribution is 1.95. The summed E-state index contributed by atoms with van der Waals surface area (Å²) in [5, 5.41) is 0. The Morgan fingerprint density at radius 3 is 2.56 bits per heavy atom. The maximum absolute atomic E-state index is 2.25. The molecule has 0 aliphatic carbocycles. The molecule has 0 spiro atoms. The molecule has 2 heteroatoms. The van der Waals surface area contributed by atoms with Crippen LogP contribution in [-0.4, -0.2) is 18.0 Å². The molecule has 52 valence electrons. The molecule has 1 heterocycles. The number of rotatable bonds is 1. The van der Waals surface area contributed by atoms with E-state index in [1.165, 1.54) is 0 Å². The fourth-order valence-electron chi connectivity index (χ4n) is 0.742. The van der Waals surface area contributed by atoms with Gasteiger partial charge in [0, 0.05) is 13.1 Å². The Balaban J connectivity index is 0.000000640. The van der Waals surface area contributed by atoms with E-state index in [1.807, 2.05) is 0 Å². The molecule has 9 heavy (non-hydrogen) atoms. The van der Waals surface area contributed by atoms with Crippen LogP contribution in [0.2, 0.25) is 0 Å². The zero-order valence-electron chi connectivity index (χ0n) is 5.88. The topological polar surface area (TPSA) is 38.2 Å².